The zero-order valence-corrected chi connectivity index (χ0v) is 17.9. The van der Waals surface area contributed by atoms with Crippen molar-refractivity contribution in [2.75, 3.05) is 19.7 Å². The summed E-state index contributed by atoms with van der Waals surface area (Å²) in [5, 5.41) is 6.19. The number of likely N-dealkylation sites (N-methyl/N-ethyl adjacent to an activating group) is 1. The van der Waals surface area contributed by atoms with Gasteiger partial charge in [-0.15, -0.1) is 0 Å². The van der Waals surface area contributed by atoms with Crippen molar-refractivity contribution in [3.8, 4) is 0 Å². The summed E-state index contributed by atoms with van der Waals surface area (Å²) in [5.41, 5.74) is 2.82. The van der Waals surface area contributed by atoms with Gasteiger partial charge in [0, 0.05) is 23.8 Å². The van der Waals surface area contributed by atoms with Crippen LogP contribution in [0.25, 0.3) is 0 Å². The van der Waals surface area contributed by atoms with Crippen molar-refractivity contribution in [1.82, 2.24) is 15.5 Å². The number of carbonyl (C=O) groups is 2. The Hall–Kier alpha value is -2.83. The van der Waals surface area contributed by atoms with Gasteiger partial charge in [-0.1, -0.05) is 61.0 Å². The molecule has 0 aromatic heterocycles. The van der Waals surface area contributed by atoms with E-state index in [1.807, 2.05) is 31.2 Å². The normalized spacial score (nSPS) is 16.3. The van der Waals surface area contributed by atoms with E-state index in [1.54, 1.807) is 25.1 Å². The molecule has 2 amide bonds. The molecule has 0 fully saturated rings. The Morgan fingerprint density at radius 2 is 1.87 bits per heavy atom. The summed E-state index contributed by atoms with van der Waals surface area (Å²) in [6, 6.07) is 16.2. The van der Waals surface area contributed by atoms with Gasteiger partial charge in [0.25, 0.3) is 0 Å². The lowest BCUT2D eigenvalue weighted by Crippen LogP contribution is -2.48. The average Bonchev–Trinajstić information content (AvgIpc) is 2.73. The molecular formula is C23H26ClN3O3. The molecule has 30 heavy (non-hydrogen) atoms. The van der Waals surface area contributed by atoms with Crippen LogP contribution in [-0.2, 0) is 16.1 Å². The van der Waals surface area contributed by atoms with Crippen LogP contribution in [0.3, 0.4) is 0 Å². The summed E-state index contributed by atoms with van der Waals surface area (Å²) >= 11 is 6.15. The van der Waals surface area contributed by atoms with E-state index in [0.29, 0.717) is 29.4 Å². The maximum absolute atomic E-state index is 12.9. The van der Waals surface area contributed by atoms with Gasteiger partial charge in [0.2, 0.25) is 0 Å². The van der Waals surface area contributed by atoms with Crippen molar-refractivity contribution in [1.29, 1.82) is 0 Å². The Morgan fingerprint density at radius 3 is 2.53 bits per heavy atom. The van der Waals surface area contributed by atoms with Gasteiger partial charge in [-0.2, -0.15) is 0 Å². The fourth-order valence-electron chi connectivity index (χ4n) is 3.47. The van der Waals surface area contributed by atoms with E-state index >= 15 is 0 Å². The molecule has 0 unspecified atom stereocenters. The van der Waals surface area contributed by atoms with Crippen molar-refractivity contribution in [2.24, 2.45) is 0 Å². The highest BCUT2D eigenvalue weighted by Gasteiger charge is 2.34. The lowest BCUT2D eigenvalue weighted by molar-refractivity contribution is -0.139. The first-order chi connectivity index (χ1) is 14.5. The summed E-state index contributed by atoms with van der Waals surface area (Å²) in [4.78, 5) is 27.5. The smallest absolute Gasteiger partial charge is 0.338 e. The van der Waals surface area contributed by atoms with Gasteiger partial charge >= 0.3 is 12.0 Å². The predicted molar refractivity (Wildman–Crippen MR) is 117 cm³/mol. The summed E-state index contributed by atoms with van der Waals surface area (Å²) < 4.78 is 5.32. The van der Waals surface area contributed by atoms with E-state index in [4.69, 9.17) is 16.3 Å². The third-order valence-electron chi connectivity index (χ3n) is 4.91. The second kappa shape index (κ2) is 10.3. The minimum absolute atomic E-state index is 0.243. The Morgan fingerprint density at radius 1 is 1.10 bits per heavy atom. The molecule has 0 aliphatic carbocycles. The molecule has 0 radical (unpaired) electrons. The number of urea groups is 1. The molecule has 3 rings (SSSR count). The molecule has 1 atom stereocenters. The third kappa shape index (κ3) is 5.40. The van der Waals surface area contributed by atoms with Crippen LogP contribution in [0, 0.1) is 0 Å². The molecule has 1 aliphatic rings. The topological polar surface area (TPSA) is 70.7 Å². The van der Waals surface area contributed by atoms with Crippen LogP contribution >= 0.6 is 11.6 Å². The predicted octanol–water partition coefficient (Wildman–Crippen LogP) is 4.03. The van der Waals surface area contributed by atoms with Crippen molar-refractivity contribution in [2.45, 2.75) is 26.4 Å². The fraction of sp³-hybridized carbons (Fsp3) is 0.304. The summed E-state index contributed by atoms with van der Waals surface area (Å²) in [6.45, 7) is 5.90. The molecule has 6 nitrogen and oxygen atoms in total. The first-order valence-electron chi connectivity index (χ1n) is 10.0. The standard InChI is InChI=1S/C23H26ClN3O3/c1-3-27(14-16-9-6-5-7-10-16)15-19-20(22(28)30-4-2)21(26-23(29)25-19)17-11-8-12-18(24)13-17/h5-13,21H,3-4,14-15H2,1-2H3,(H2,25,26,29)/t21-/m0/s1. The van der Waals surface area contributed by atoms with E-state index in [9.17, 15) is 9.59 Å². The Kier molecular flexibility index (Phi) is 7.49. The maximum atomic E-state index is 12.9. The van der Waals surface area contributed by atoms with Crippen LogP contribution in [0.15, 0.2) is 65.9 Å². The van der Waals surface area contributed by atoms with Crippen molar-refractivity contribution in [3.63, 3.8) is 0 Å². The van der Waals surface area contributed by atoms with Crippen molar-refractivity contribution >= 4 is 23.6 Å². The first-order valence-corrected chi connectivity index (χ1v) is 10.4. The van der Waals surface area contributed by atoms with Crippen molar-refractivity contribution in [3.05, 3.63) is 82.0 Å². The van der Waals surface area contributed by atoms with E-state index in [1.165, 1.54) is 0 Å². The molecule has 158 valence electrons. The summed E-state index contributed by atoms with van der Waals surface area (Å²) in [7, 11) is 0. The monoisotopic (exact) mass is 427 g/mol. The number of ether oxygens (including phenoxy) is 1. The van der Waals surface area contributed by atoms with Gasteiger partial charge in [0.05, 0.1) is 18.2 Å². The number of esters is 1. The average molecular weight is 428 g/mol. The largest absolute Gasteiger partial charge is 0.463 e. The van der Waals surface area contributed by atoms with Gasteiger partial charge in [0.1, 0.15) is 0 Å². The molecule has 7 heteroatoms. The van der Waals surface area contributed by atoms with Crippen molar-refractivity contribution < 1.29 is 14.3 Å². The number of nitrogens with one attached hydrogen (secondary N) is 2. The molecule has 0 saturated heterocycles. The van der Waals surface area contributed by atoms with Gasteiger partial charge in [-0.3, -0.25) is 4.90 Å². The molecule has 1 aliphatic heterocycles. The quantitative estimate of drug-likeness (QED) is 0.624. The number of nitrogens with zero attached hydrogens (tertiary/aromatic N) is 1. The van der Waals surface area contributed by atoms with Crippen LogP contribution < -0.4 is 10.6 Å². The second-order valence-corrected chi connectivity index (χ2v) is 7.42. The molecule has 0 spiro atoms. The van der Waals surface area contributed by atoms with E-state index in [2.05, 4.69) is 27.7 Å². The number of halogens is 1. The zero-order valence-electron chi connectivity index (χ0n) is 17.2. The SMILES string of the molecule is CCOC(=O)C1=C(CN(CC)Cc2ccccc2)NC(=O)N[C@H]1c1cccc(Cl)c1. The number of hydrogen-bond acceptors (Lipinski definition) is 4. The molecular weight excluding hydrogens is 402 g/mol. The van der Waals surface area contributed by atoms with E-state index in [-0.39, 0.29) is 12.6 Å². The fourth-order valence-corrected chi connectivity index (χ4v) is 3.67. The number of carbonyl (C=O) groups excluding carboxylic acids is 2. The lowest BCUT2D eigenvalue weighted by Gasteiger charge is -2.32. The highest BCUT2D eigenvalue weighted by molar-refractivity contribution is 6.30. The molecule has 1 heterocycles. The van der Waals surface area contributed by atoms with Crippen LogP contribution in [0.2, 0.25) is 5.02 Å². The maximum Gasteiger partial charge on any atom is 0.338 e. The second-order valence-electron chi connectivity index (χ2n) is 6.99. The van der Waals surface area contributed by atoms with Gasteiger partial charge in [0.15, 0.2) is 0 Å². The highest BCUT2D eigenvalue weighted by atomic mass is 35.5. The number of hydrogen-bond donors (Lipinski definition) is 2. The number of rotatable bonds is 8. The minimum Gasteiger partial charge on any atom is -0.463 e. The first kappa shape index (κ1) is 21.9. The molecule has 0 saturated carbocycles. The van der Waals surface area contributed by atoms with Crippen LogP contribution in [0.1, 0.15) is 31.0 Å². The number of amides is 2. The molecule has 2 N–H and O–H groups in total. The van der Waals surface area contributed by atoms with Gasteiger partial charge in [-0.05, 0) is 36.7 Å². The Labute approximate surface area is 181 Å². The third-order valence-corrected chi connectivity index (χ3v) is 5.14. The summed E-state index contributed by atoms with van der Waals surface area (Å²) in [6.07, 6.45) is 0. The van der Waals surface area contributed by atoms with E-state index in [0.717, 1.165) is 17.7 Å². The van der Waals surface area contributed by atoms with E-state index < -0.39 is 12.0 Å². The highest BCUT2D eigenvalue weighted by Crippen LogP contribution is 2.29. The zero-order chi connectivity index (χ0) is 21.5. The Balaban J connectivity index is 1.97. The van der Waals surface area contributed by atoms with Crippen LogP contribution in [-0.4, -0.2) is 36.6 Å². The molecule has 0 bridgehead atoms. The molecule has 2 aromatic rings. The minimum atomic E-state index is -0.637. The van der Waals surface area contributed by atoms with Crippen LogP contribution in [0.5, 0.6) is 0 Å². The number of benzene rings is 2. The summed E-state index contributed by atoms with van der Waals surface area (Å²) in [5.74, 6) is -0.458. The Bertz CT molecular complexity index is 930. The molecule has 2 aromatic carbocycles. The van der Waals surface area contributed by atoms with Crippen LogP contribution in [0.4, 0.5) is 4.79 Å². The lowest BCUT2D eigenvalue weighted by atomic mass is 9.95. The van der Waals surface area contributed by atoms with Gasteiger partial charge in [-0.25, -0.2) is 9.59 Å². The van der Waals surface area contributed by atoms with Gasteiger partial charge < -0.3 is 15.4 Å².